The number of aliphatic hydroxyl groups excluding tert-OH is 1. The Bertz CT molecular complexity index is 285. The first-order valence-corrected chi connectivity index (χ1v) is 5.89. The molecule has 1 N–H and O–H groups in total. The van der Waals surface area contributed by atoms with E-state index >= 15 is 0 Å². The van der Waals surface area contributed by atoms with E-state index in [2.05, 4.69) is 0 Å². The van der Waals surface area contributed by atoms with E-state index in [0.717, 1.165) is 6.42 Å². The van der Waals surface area contributed by atoms with Crippen molar-refractivity contribution in [2.45, 2.75) is 76.8 Å². The third kappa shape index (κ3) is 1.99. The lowest BCUT2D eigenvalue weighted by atomic mass is 9.92. The summed E-state index contributed by atoms with van der Waals surface area (Å²) < 4.78 is 17.5. The molecule has 2 bridgehead atoms. The average molecular weight is 230 g/mol. The van der Waals surface area contributed by atoms with E-state index in [-0.39, 0.29) is 5.60 Å². The van der Waals surface area contributed by atoms with Crippen molar-refractivity contribution in [3.8, 4) is 0 Å². The predicted octanol–water partition coefficient (Wildman–Crippen LogP) is 1.80. The number of fused-ring (bicyclic) bond motifs is 2. The van der Waals surface area contributed by atoms with Crippen molar-refractivity contribution in [1.82, 2.24) is 0 Å². The third-order valence-corrected chi connectivity index (χ3v) is 3.26. The second-order valence-corrected chi connectivity index (χ2v) is 6.17. The maximum atomic E-state index is 9.88. The highest BCUT2D eigenvalue weighted by Crippen LogP contribution is 2.47. The number of hydrogen-bond donors (Lipinski definition) is 1. The van der Waals surface area contributed by atoms with Gasteiger partial charge in [0, 0.05) is 0 Å². The fraction of sp³-hybridized carbons (Fsp3) is 1.00. The zero-order chi connectivity index (χ0) is 12.2. The zero-order valence-corrected chi connectivity index (χ0v) is 10.7. The molecule has 0 aromatic carbocycles. The summed E-state index contributed by atoms with van der Waals surface area (Å²) in [4.78, 5) is 0. The molecule has 0 radical (unpaired) electrons. The van der Waals surface area contributed by atoms with Gasteiger partial charge in [-0.05, 0) is 47.5 Å². The molecule has 0 aromatic heterocycles. The molecule has 4 heteroatoms. The number of hydrogen-bond acceptors (Lipinski definition) is 4. The van der Waals surface area contributed by atoms with Crippen molar-refractivity contribution in [3.63, 3.8) is 0 Å². The minimum atomic E-state index is -0.914. The Morgan fingerprint density at radius 2 is 1.94 bits per heavy atom. The topological polar surface area (TPSA) is 47.9 Å². The maximum absolute atomic E-state index is 9.88. The van der Waals surface area contributed by atoms with Crippen LogP contribution in [0.25, 0.3) is 0 Å². The molecule has 2 fully saturated rings. The summed E-state index contributed by atoms with van der Waals surface area (Å²) in [6, 6.07) is 0. The normalized spacial score (nSPS) is 48.4. The van der Waals surface area contributed by atoms with Gasteiger partial charge in [0.15, 0.2) is 12.1 Å². The van der Waals surface area contributed by atoms with Crippen LogP contribution in [0.5, 0.6) is 0 Å². The van der Waals surface area contributed by atoms with Crippen LogP contribution in [0.1, 0.15) is 47.5 Å². The zero-order valence-electron chi connectivity index (χ0n) is 10.7. The molecule has 2 aliphatic rings. The quantitative estimate of drug-likeness (QED) is 0.746. The molecule has 2 aliphatic heterocycles. The van der Waals surface area contributed by atoms with Gasteiger partial charge in [-0.25, -0.2) is 0 Å². The first-order valence-electron chi connectivity index (χ1n) is 5.89. The Morgan fingerprint density at radius 1 is 1.31 bits per heavy atom. The Kier molecular flexibility index (Phi) is 2.63. The number of aliphatic hydroxyl groups is 1. The van der Waals surface area contributed by atoms with Gasteiger partial charge < -0.3 is 19.3 Å². The lowest BCUT2D eigenvalue weighted by Gasteiger charge is -2.37. The second kappa shape index (κ2) is 3.42. The molecular weight excluding hydrogens is 208 g/mol. The Morgan fingerprint density at radius 3 is 2.44 bits per heavy atom. The molecule has 2 rings (SSSR count). The molecule has 2 saturated heterocycles. The lowest BCUT2D eigenvalue weighted by Crippen LogP contribution is -2.48. The fourth-order valence-electron chi connectivity index (χ4n) is 2.34. The van der Waals surface area contributed by atoms with Crippen molar-refractivity contribution in [3.05, 3.63) is 0 Å². The van der Waals surface area contributed by atoms with Gasteiger partial charge in [0.05, 0.1) is 5.60 Å². The SMILES string of the molecule is CC(C)(C)OC1O[C@@]2(C)O[C@]1(C)CCC2O. The summed E-state index contributed by atoms with van der Waals surface area (Å²) in [6.45, 7) is 9.73. The van der Waals surface area contributed by atoms with E-state index < -0.39 is 23.8 Å². The fourth-order valence-corrected chi connectivity index (χ4v) is 2.34. The number of rotatable bonds is 1. The van der Waals surface area contributed by atoms with E-state index in [4.69, 9.17) is 14.2 Å². The Hall–Kier alpha value is -0.160. The summed E-state index contributed by atoms with van der Waals surface area (Å²) in [6.07, 6.45) is 0.463. The van der Waals surface area contributed by atoms with Crippen molar-refractivity contribution in [2.24, 2.45) is 0 Å². The molecule has 2 unspecified atom stereocenters. The first-order chi connectivity index (χ1) is 7.15. The molecule has 0 saturated carbocycles. The average Bonchev–Trinajstić information content (AvgIpc) is 2.28. The van der Waals surface area contributed by atoms with Crippen LogP contribution >= 0.6 is 0 Å². The van der Waals surface area contributed by atoms with Crippen molar-refractivity contribution < 1.29 is 19.3 Å². The standard InChI is InChI=1S/C12H22O4/c1-10(2,3)14-9-11(4)7-6-8(13)12(5,15-9)16-11/h8-9,13H,6-7H2,1-5H3/t8?,9?,11-,12+/m1/s1. The second-order valence-electron chi connectivity index (χ2n) is 6.17. The summed E-state index contributed by atoms with van der Waals surface area (Å²) in [5.74, 6) is -0.914. The van der Waals surface area contributed by atoms with Gasteiger partial charge in [0.2, 0.25) is 0 Å². The maximum Gasteiger partial charge on any atom is 0.195 e. The molecular formula is C12H22O4. The van der Waals surface area contributed by atoms with Crippen molar-refractivity contribution >= 4 is 0 Å². The van der Waals surface area contributed by atoms with E-state index in [9.17, 15) is 5.11 Å². The summed E-state index contributed by atoms with van der Waals surface area (Å²) >= 11 is 0. The molecule has 0 spiro atoms. The van der Waals surface area contributed by atoms with E-state index in [1.165, 1.54) is 0 Å². The molecule has 16 heavy (non-hydrogen) atoms. The van der Waals surface area contributed by atoms with E-state index in [0.29, 0.717) is 6.42 Å². The van der Waals surface area contributed by atoms with E-state index in [1.54, 1.807) is 6.92 Å². The summed E-state index contributed by atoms with van der Waals surface area (Å²) in [5, 5.41) is 9.88. The van der Waals surface area contributed by atoms with Gasteiger partial charge in [0.1, 0.15) is 11.7 Å². The van der Waals surface area contributed by atoms with Gasteiger partial charge >= 0.3 is 0 Å². The summed E-state index contributed by atoms with van der Waals surface area (Å²) in [7, 11) is 0. The minimum Gasteiger partial charge on any atom is -0.388 e. The summed E-state index contributed by atoms with van der Waals surface area (Å²) in [5.41, 5.74) is -0.725. The minimum absolute atomic E-state index is 0.282. The largest absolute Gasteiger partial charge is 0.388 e. The Balaban J connectivity index is 2.18. The van der Waals surface area contributed by atoms with Crippen LogP contribution in [0.4, 0.5) is 0 Å². The van der Waals surface area contributed by atoms with E-state index in [1.807, 2.05) is 27.7 Å². The van der Waals surface area contributed by atoms with Crippen LogP contribution in [-0.4, -0.2) is 34.5 Å². The molecule has 0 aliphatic carbocycles. The predicted molar refractivity (Wildman–Crippen MR) is 58.8 cm³/mol. The van der Waals surface area contributed by atoms with Crippen LogP contribution in [0.3, 0.4) is 0 Å². The number of ether oxygens (including phenoxy) is 3. The smallest absolute Gasteiger partial charge is 0.195 e. The monoisotopic (exact) mass is 230 g/mol. The van der Waals surface area contributed by atoms with Gasteiger partial charge in [-0.1, -0.05) is 0 Å². The Labute approximate surface area is 96.9 Å². The highest BCUT2D eigenvalue weighted by atomic mass is 16.8. The molecule has 2 heterocycles. The van der Waals surface area contributed by atoms with Gasteiger partial charge in [0.25, 0.3) is 0 Å². The van der Waals surface area contributed by atoms with Gasteiger partial charge in [-0.2, -0.15) is 0 Å². The third-order valence-electron chi connectivity index (χ3n) is 3.26. The van der Waals surface area contributed by atoms with Crippen molar-refractivity contribution in [2.75, 3.05) is 0 Å². The van der Waals surface area contributed by atoms with Crippen LogP contribution in [0.15, 0.2) is 0 Å². The van der Waals surface area contributed by atoms with Crippen LogP contribution in [0.2, 0.25) is 0 Å². The van der Waals surface area contributed by atoms with Gasteiger partial charge in [-0.15, -0.1) is 0 Å². The van der Waals surface area contributed by atoms with Crippen LogP contribution in [0, 0.1) is 0 Å². The molecule has 4 nitrogen and oxygen atoms in total. The highest BCUT2D eigenvalue weighted by molar-refractivity contribution is 4.98. The van der Waals surface area contributed by atoms with Crippen LogP contribution in [-0.2, 0) is 14.2 Å². The molecule has 94 valence electrons. The van der Waals surface area contributed by atoms with Crippen molar-refractivity contribution in [1.29, 1.82) is 0 Å². The molecule has 0 amide bonds. The van der Waals surface area contributed by atoms with Gasteiger partial charge in [-0.3, -0.25) is 0 Å². The highest BCUT2D eigenvalue weighted by Gasteiger charge is 2.60. The lowest BCUT2D eigenvalue weighted by molar-refractivity contribution is -0.264. The molecule has 0 aromatic rings. The molecule has 4 atom stereocenters. The first kappa shape index (κ1) is 12.3. The van der Waals surface area contributed by atoms with Crippen LogP contribution < -0.4 is 0 Å².